The third kappa shape index (κ3) is 5.11. The van der Waals surface area contributed by atoms with Gasteiger partial charge in [-0.25, -0.2) is 5.43 Å². The second kappa shape index (κ2) is 9.27. The van der Waals surface area contributed by atoms with Crippen LogP contribution in [0.3, 0.4) is 0 Å². The molecule has 1 atom stereocenters. The minimum Gasteiger partial charge on any atom is -0.504 e. The Hall–Kier alpha value is -3.28. The van der Waals surface area contributed by atoms with Gasteiger partial charge in [-0.15, -0.1) is 6.58 Å². The summed E-state index contributed by atoms with van der Waals surface area (Å²) >= 11 is 0. The fourth-order valence-electron chi connectivity index (χ4n) is 2.25. The summed E-state index contributed by atoms with van der Waals surface area (Å²) in [5.41, 5.74) is 3.77. The van der Waals surface area contributed by atoms with Crippen LogP contribution in [0.5, 0.6) is 17.2 Å². The maximum Gasteiger partial charge on any atom is 0.280 e. The van der Waals surface area contributed by atoms with E-state index in [0.717, 1.165) is 0 Å². The number of hydrogen-bond acceptors (Lipinski definition) is 5. The second-order valence-corrected chi connectivity index (χ2v) is 5.53. The summed E-state index contributed by atoms with van der Waals surface area (Å²) in [4.78, 5) is 12.1. The number of hydrogen-bond donors (Lipinski definition) is 2. The Morgan fingerprint density at radius 2 is 2.08 bits per heavy atom. The van der Waals surface area contributed by atoms with Crippen molar-refractivity contribution in [3.05, 3.63) is 66.2 Å². The molecule has 1 amide bonds. The lowest BCUT2D eigenvalue weighted by molar-refractivity contribution is -0.127. The number of methoxy groups -OCH3 is 1. The first kappa shape index (κ1) is 19.1. The van der Waals surface area contributed by atoms with Crippen LogP contribution in [0, 0.1) is 0 Å². The molecule has 2 aromatic carbocycles. The van der Waals surface area contributed by atoms with E-state index >= 15 is 0 Å². The number of nitrogens with zero attached hydrogens (tertiary/aromatic N) is 1. The van der Waals surface area contributed by atoms with Crippen molar-refractivity contribution >= 4 is 12.1 Å². The molecule has 0 saturated heterocycles. The number of phenols is 1. The van der Waals surface area contributed by atoms with Crippen LogP contribution in [0.15, 0.2) is 60.2 Å². The fourth-order valence-corrected chi connectivity index (χ4v) is 2.25. The minimum atomic E-state index is -0.694. The molecule has 6 nitrogen and oxygen atoms in total. The van der Waals surface area contributed by atoms with Crippen LogP contribution in [0.1, 0.15) is 18.1 Å². The monoisotopic (exact) mass is 354 g/mol. The van der Waals surface area contributed by atoms with Crippen molar-refractivity contribution in [2.45, 2.75) is 19.4 Å². The molecular weight excluding hydrogens is 332 g/mol. The quantitative estimate of drug-likeness (QED) is 0.434. The Labute approximate surface area is 152 Å². The Bertz CT molecular complexity index is 788. The van der Waals surface area contributed by atoms with Crippen molar-refractivity contribution in [3.8, 4) is 17.2 Å². The molecule has 0 unspecified atom stereocenters. The van der Waals surface area contributed by atoms with Gasteiger partial charge in [0, 0.05) is 5.56 Å². The highest BCUT2D eigenvalue weighted by Crippen LogP contribution is 2.31. The van der Waals surface area contributed by atoms with Crippen LogP contribution < -0.4 is 14.9 Å². The van der Waals surface area contributed by atoms with E-state index in [2.05, 4.69) is 17.1 Å². The van der Waals surface area contributed by atoms with Gasteiger partial charge in [-0.3, -0.25) is 4.79 Å². The lowest BCUT2D eigenvalue weighted by Gasteiger charge is -2.12. The normalized spacial score (nSPS) is 11.8. The first-order valence-electron chi connectivity index (χ1n) is 8.10. The Morgan fingerprint density at radius 1 is 1.35 bits per heavy atom. The number of nitrogens with one attached hydrogen (secondary N) is 1. The van der Waals surface area contributed by atoms with E-state index in [0.29, 0.717) is 29.0 Å². The van der Waals surface area contributed by atoms with Crippen molar-refractivity contribution in [1.82, 2.24) is 5.43 Å². The molecule has 0 saturated carbocycles. The van der Waals surface area contributed by atoms with E-state index in [1.807, 2.05) is 18.2 Å². The van der Waals surface area contributed by atoms with Crippen molar-refractivity contribution in [2.24, 2.45) is 5.10 Å². The van der Waals surface area contributed by atoms with Crippen LogP contribution in [-0.4, -0.2) is 30.4 Å². The largest absolute Gasteiger partial charge is 0.504 e. The highest BCUT2D eigenvalue weighted by Gasteiger charge is 2.14. The van der Waals surface area contributed by atoms with Crippen LogP contribution in [0.2, 0.25) is 0 Å². The number of phenolic OH excluding ortho intramolecular Hbond substituents is 1. The average molecular weight is 354 g/mol. The van der Waals surface area contributed by atoms with Crippen molar-refractivity contribution < 1.29 is 19.4 Å². The molecule has 0 aromatic heterocycles. The second-order valence-electron chi connectivity index (χ2n) is 5.53. The SMILES string of the molecule is C=CCc1cc(/C=N/NC(=O)[C@@H](C)Oc2ccccc2)cc(OC)c1O. The maximum atomic E-state index is 12.1. The first-order chi connectivity index (χ1) is 12.5. The topological polar surface area (TPSA) is 80.2 Å². The molecule has 0 heterocycles. The maximum absolute atomic E-state index is 12.1. The standard InChI is InChI=1S/C20H22N2O4/c1-4-8-16-11-15(12-18(25-3)19(16)23)13-21-22-20(24)14(2)26-17-9-6-5-7-10-17/h4-7,9-14,23H,1,8H2,2-3H3,(H,22,24)/b21-13+/t14-/m1/s1. The number of ether oxygens (including phenoxy) is 2. The molecule has 136 valence electrons. The van der Waals surface area contributed by atoms with Crippen molar-refractivity contribution in [2.75, 3.05) is 7.11 Å². The zero-order valence-electron chi connectivity index (χ0n) is 14.8. The van der Waals surface area contributed by atoms with Gasteiger partial charge in [-0.05, 0) is 43.2 Å². The summed E-state index contributed by atoms with van der Waals surface area (Å²) in [6, 6.07) is 12.5. The van der Waals surface area contributed by atoms with Crippen LogP contribution in [-0.2, 0) is 11.2 Å². The molecule has 0 bridgehead atoms. The van der Waals surface area contributed by atoms with Crippen LogP contribution in [0.25, 0.3) is 0 Å². The van der Waals surface area contributed by atoms with Crippen molar-refractivity contribution in [3.63, 3.8) is 0 Å². The number of carbonyl (C=O) groups is 1. The molecule has 2 aromatic rings. The lowest BCUT2D eigenvalue weighted by Crippen LogP contribution is -2.33. The van der Waals surface area contributed by atoms with Gasteiger partial charge in [0.05, 0.1) is 13.3 Å². The summed E-state index contributed by atoms with van der Waals surface area (Å²) in [5, 5.41) is 14.0. The molecule has 0 aliphatic rings. The van der Waals surface area contributed by atoms with Gasteiger partial charge in [-0.1, -0.05) is 24.3 Å². The van der Waals surface area contributed by atoms with E-state index in [4.69, 9.17) is 9.47 Å². The van der Waals surface area contributed by atoms with E-state index in [1.54, 1.807) is 37.3 Å². The Balaban J connectivity index is 2.01. The number of aromatic hydroxyl groups is 1. The third-order valence-electron chi connectivity index (χ3n) is 3.57. The summed E-state index contributed by atoms with van der Waals surface area (Å²) < 4.78 is 10.7. The number of benzene rings is 2. The molecule has 26 heavy (non-hydrogen) atoms. The number of carbonyl (C=O) groups excluding carboxylic acids is 1. The Morgan fingerprint density at radius 3 is 2.73 bits per heavy atom. The van der Waals surface area contributed by atoms with E-state index in [-0.39, 0.29) is 11.7 Å². The minimum absolute atomic E-state index is 0.0680. The smallest absolute Gasteiger partial charge is 0.280 e. The highest BCUT2D eigenvalue weighted by molar-refractivity contribution is 5.85. The van der Waals surface area contributed by atoms with Gasteiger partial charge in [0.25, 0.3) is 5.91 Å². The zero-order valence-corrected chi connectivity index (χ0v) is 14.8. The number of rotatable bonds is 8. The van der Waals surface area contributed by atoms with Gasteiger partial charge < -0.3 is 14.6 Å². The molecule has 2 rings (SSSR count). The van der Waals surface area contributed by atoms with E-state index in [1.165, 1.54) is 13.3 Å². The number of amides is 1. The van der Waals surface area contributed by atoms with Gasteiger partial charge >= 0.3 is 0 Å². The molecule has 0 aliphatic carbocycles. The van der Waals surface area contributed by atoms with Gasteiger partial charge in [0.1, 0.15) is 5.75 Å². The molecule has 0 fully saturated rings. The molecule has 0 spiro atoms. The molecule has 0 aliphatic heterocycles. The third-order valence-corrected chi connectivity index (χ3v) is 3.57. The number of allylic oxidation sites excluding steroid dienone is 1. The highest BCUT2D eigenvalue weighted by atomic mass is 16.5. The average Bonchev–Trinajstić information content (AvgIpc) is 2.65. The van der Waals surface area contributed by atoms with Gasteiger partial charge in [0.15, 0.2) is 17.6 Å². The predicted molar refractivity (Wildman–Crippen MR) is 101 cm³/mol. The number of para-hydroxylation sites is 1. The Kier molecular flexibility index (Phi) is 6.79. The summed E-state index contributed by atoms with van der Waals surface area (Å²) in [6.07, 6.45) is 2.94. The van der Waals surface area contributed by atoms with E-state index in [9.17, 15) is 9.90 Å². The molecule has 0 radical (unpaired) electrons. The summed E-state index contributed by atoms with van der Waals surface area (Å²) in [6.45, 7) is 5.31. The zero-order chi connectivity index (χ0) is 18.9. The van der Waals surface area contributed by atoms with Crippen LogP contribution in [0.4, 0.5) is 0 Å². The number of hydrazone groups is 1. The summed E-state index contributed by atoms with van der Waals surface area (Å²) in [7, 11) is 1.47. The molecule has 6 heteroatoms. The van der Waals surface area contributed by atoms with Gasteiger partial charge in [-0.2, -0.15) is 5.10 Å². The summed E-state index contributed by atoms with van der Waals surface area (Å²) in [5.74, 6) is 0.634. The predicted octanol–water partition coefficient (Wildman–Crippen LogP) is 3.05. The molecular formula is C20H22N2O4. The fraction of sp³-hybridized carbons (Fsp3) is 0.200. The van der Waals surface area contributed by atoms with Crippen molar-refractivity contribution in [1.29, 1.82) is 0 Å². The van der Waals surface area contributed by atoms with Crippen LogP contribution >= 0.6 is 0 Å². The first-order valence-corrected chi connectivity index (χ1v) is 8.10. The molecule has 2 N–H and O–H groups in total. The lowest BCUT2D eigenvalue weighted by atomic mass is 10.1. The van der Waals surface area contributed by atoms with E-state index < -0.39 is 6.10 Å². The van der Waals surface area contributed by atoms with Gasteiger partial charge in [0.2, 0.25) is 0 Å².